The molecule has 0 radical (unpaired) electrons. The summed E-state index contributed by atoms with van der Waals surface area (Å²) in [6.45, 7) is 11.2. The molecule has 1 unspecified atom stereocenters. The number of hydrogen-bond donors (Lipinski definition) is 0. The number of nitrogens with zero attached hydrogens (tertiary/aromatic N) is 1. The van der Waals surface area contributed by atoms with Crippen LogP contribution in [0.4, 0.5) is 0 Å². The van der Waals surface area contributed by atoms with Crippen molar-refractivity contribution in [3.8, 4) is 0 Å². The van der Waals surface area contributed by atoms with Crippen LogP contribution < -0.4 is 0 Å². The lowest BCUT2D eigenvalue weighted by molar-refractivity contribution is 0.182. The predicted octanol–water partition coefficient (Wildman–Crippen LogP) is 4.63. The highest BCUT2D eigenvalue weighted by atomic mass is 15.1. The fourth-order valence-corrected chi connectivity index (χ4v) is 2.23. The number of allylic oxidation sites excluding steroid dienone is 1. The van der Waals surface area contributed by atoms with Crippen molar-refractivity contribution in [1.82, 2.24) is 4.90 Å². The summed E-state index contributed by atoms with van der Waals surface area (Å²) in [5, 5.41) is 0. The molecule has 16 heavy (non-hydrogen) atoms. The highest BCUT2D eigenvalue weighted by Gasteiger charge is 2.16. The van der Waals surface area contributed by atoms with Gasteiger partial charge in [0.25, 0.3) is 0 Å². The minimum absolute atomic E-state index is 0.839. The first-order chi connectivity index (χ1) is 7.88. The molecule has 0 saturated heterocycles. The van der Waals surface area contributed by atoms with Crippen LogP contribution in [0.1, 0.15) is 66.2 Å². The number of hydrogen-bond acceptors (Lipinski definition) is 1. The van der Waals surface area contributed by atoms with Gasteiger partial charge in [0.15, 0.2) is 0 Å². The van der Waals surface area contributed by atoms with Crippen molar-refractivity contribution >= 4 is 0 Å². The zero-order chi connectivity index (χ0) is 12.2. The maximum atomic E-state index is 2.70. The Balaban J connectivity index is 0.00000106. The van der Waals surface area contributed by atoms with Gasteiger partial charge in [-0.3, -0.25) is 0 Å². The fourth-order valence-electron chi connectivity index (χ4n) is 2.23. The van der Waals surface area contributed by atoms with E-state index in [2.05, 4.69) is 30.9 Å². The summed E-state index contributed by atoms with van der Waals surface area (Å²) >= 11 is 0. The summed E-state index contributed by atoms with van der Waals surface area (Å²) in [6, 6.07) is 0.839. The van der Waals surface area contributed by atoms with E-state index in [1.807, 2.05) is 13.8 Å². The fraction of sp³-hybridized carbons (Fsp3) is 0.867. The van der Waals surface area contributed by atoms with Gasteiger partial charge in [-0.2, -0.15) is 0 Å². The van der Waals surface area contributed by atoms with Gasteiger partial charge in [-0.05, 0) is 45.2 Å². The van der Waals surface area contributed by atoms with Gasteiger partial charge < -0.3 is 4.90 Å². The molecule has 0 spiro atoms. The van der Waals surface area contributed by atoms with E-state index in [1.54, 1.807) is 0 Å². The first-order valence-electron chi connectivity index (χ1n) is 7.27. The normalized spacial score (nSPS) is 19.4. The molecule has 1 aliphatic carbocycles. The van der Waals surface area contributed by atoms with Crippen LogP contribution in [0.3, 0.4) is 0 Å². The molecule has 0 bridgehead atoms. The molecule has 1 atom stereocenters. The van der Waals surface area contributed by atoms with Gasteiger partial charge in [0, 0.05) is 6.04 Å². The molecule has 0 N–H and O–H groups in total. The van der Waals surface area contributed by atoms with Crippen molar-refractivity contribution < 1.29 is 0 Å². The van der Waals surface area contributed by atoms with Crippen LogP contribution >= 0.6 is 0 Å². The predicted molar refractivity (Wildman–Crippen MR) is 74.9 cm³/mol. The summed E-state index contributed by atoms with van der Waals surface area (Å²) in [5.74, 6) is 0. The number of rotatable bonds is 6. The van der Waals surface area contributed by atoms with Crippen molar-refractivity contribution in [2.24, 2.45) is 0 Å². The average molecular weight is 225 g/mol. The zero-order valence-corrected chi connectivity index (χ0v) is 11.8. The average Bonchev–Trinajstić information content (AvgIpc) is 2.38. The second-order valence-electron chi connectivity index (χ2n) is 4.33. The minimum atomic E-state index is 0.839. The lowest BCUT2D eigenvalue weighted by atomic mass is 10.00. The summed E-state index contributed by atoms with van der Waals surface area (Å²) in [4.78, 5) is 2.70. The molecule has 0 aromatic rings. The topological polar surface area (TPSA) is 3.24 Å². The largest absolute Gasteiger partial charge is 0.300 e. The third kappa shape index (κ3) is 6.32. The molecule has 0 saturated carbocycles. The Hall–Kier alpha value is -0.300. The first kappa shape index (κ1) is 15.7. The summed E-state index contributed by atoms with van der Waals surface area (Å²) in [6.07, 6.45) is 12.6. The molecule has 0 amide bonds. The molecule has 0 fully saturated rings. The van der Waals surface area contributed by atoms with Gasteiger partial charge in [0.05, 0.1) is 0 Å². The van der Waals surface area contributed by atoms with Crippen LogP contribution in [0, 0.1) is 0 Å². The molecular weight excluding hydrogens is 194 g/mol. The summed E-state index contributed by atoms with van der Waals surface area (Å²) < 4.78 is 0. The SMILES string of the molecule is CC.CCCCN(CCC)C1CC=CCC1. The van der Waals surface area contributed by atoms with Gasteiger partial charge >= 0.3 is 0 Å². The molecule has 96 valence electrons. The second kappa shape index (κ2) is 11.2. The van der Waals surface area contributed by atoms with Crippen LogP contribution in [-0.4, -0.2) is 24.0 Å². The van der Waals surface area contributed by atoms with Gasteiger partial charge in [0.2, 0.25) is 0 Å². The molecular formula is C15H31N. The quantitative estimate of drug-likeness (QED) is 0.596. The van der Waals surface area contributed by atoms with Gasteiger partial charge in [-0.15, -0.1) is 0 Å². The van der Waals surface area contributed by atoms with E-state index in [9.17, 15) is 0 Å². The summed E-state index contributed by atoms with van der Waals surface area (Å²) in [7, 11) is 0. The molecule has 0 heterocycles. The zero-order valence-electron chi connectivity index (χ0n) is 11.8. The first-order valence-corrected chi connectivity index (χ1v) is 7.27. The maximum absolute atomic E-state index is 2.70. The Bertz CT molecular complexity index is 163. The lowest BCUT2D eigenvalue weighted by Crippen LogP contribution is -2.37. The molecule has 0 aromatic carbocycles. The molecule has 1 aliphatic rings. The number of unbranched alkanes of at least 4 members (excludes halogenated alkanes) is 1. The Morgan fingerprint density at radius 1 is 1.06 bits per heavy atom. The smallest absolute Gasteiger partial charge is 0.0133 e. The second-order valence-corrected chi connectivity index (χ2v) is 4.33. The lowest BCUT2D eigenvalue weighted by Gasteiger charge is -2.32. The van der Waals surface area contributed by atoms with Crippen molar-refractivity contribution in [2.45, 2.75) is 72.3 Å². The highest BCUT2D eigenvalue weighted by molar-refractivity contribution is 4.93. The molecule has 0 aliphatic heterocycles. The summed E-state index contributed by atoms with van der Waals surface area (Å²) in [5.41, 5.74) is 0. The maximum Gasteiger partial charge on any atom is 0.0133 e. The molecule has 1 heteroatoms. The standard InChI is InChI=1S/C13H25N.C2H6/c1-3-5-12-14(11-4-2)13-9-7-6-8-10-13;1-2/h6-7,13H,3-5,8-12H2,1-2H3;1-2H3. The van der Waals surface area contributed by atoms with Crippen molar-refractivity contribution in [3.63, 3.8) is 0 Å². The van der Waals surface area contributed by atoms with Gasteiger partial charge in [-0.1, -0.05) is 46.3 Å². The molecule has 0 aromatic heterocycles. The monoisotopic (exact) mass is 225 g/mol. The van der Waals surface area contributed by atoms with E-state index in [-0.39, 0.29) is 0 Å². The Kier molecular flexibility index (Phi) is 11.0. The van der Waals surface area contributed by atoms with E-state index < -0.39 is 0 Å². The van der Waals surface area contributed by atoms with E-state index in [0.717, 1.165) is 6.04 Å². The van der Waals surface area contributed by atoms with E-state index in [1.165, 1.54) is 51.6 Å². The van der Waals surface area contributed by atoms with Crippen LogP contribution in [0.15, 0.2) is 12.2 Å². The van der Waals surface area contributed by atoms with Crippen LogP contribution in [0.2, 0.25) is 0 Å². The third-order valence-corrected chi connectivity index (χ3v) is 3.07. The third-order valence-electron chi connectivity index (χ3n) is 3.07. The Morgan fingerprint density at radius 2 is 1.81 bits per heavy atom. The van der Waals surface area contributed by atoms with Crippen LogP contribution in [0.5, 0.6) is 0 Å². The minimum Gasteiger partial charge on any atom is -0.300 e. The Labute approximate surface area is 103 Å². The molecule has 1 rings (SSSR count). The van der Waals surface area contributed by atoms with Crippen LogP contribution in [0.25, 0.3) is 0 Å². The van der Waals surface area contributed by atoms with Crippen molar-refractivity contribution in [3.05, 3.63) is 12.2 Å². The van der Waals surface area contributed by atoms with E-state index in [0.29, 0.717) is 0 Å². The van der Waals surface area contributed by atoms with Crippen LogP contribution in [-0.2, 0) is 0 Å². The van der Waals surface area contributed by atoms with Crippen molar-refractivity contribution in [1.29, 1.82) is 0 Å². The van der Waals surface area contributed by atoms with Gasteiger partial charge in [0.1, 0.15) is 0 Å². The van der Waals surface area contributed by atoms with E-state index >= 15 is 0 Å². The molecule has 1 nitrogen and oxygen atoms in total. The van der Waals surface area contributed by atoms with E-state index in [4.69, 9.17) is 0 Å². The highest BCUT2D eigenvalue weighted by Crippen LogP contribution is 2.18. The Morgan fingerprint density at radius 3 is 2.31 bits per heavy atom. The van der Waals surface area contributed by atoms with Gasteiger partial charge in [-0.25, -0.2) is 0 Å². The van der Waals surface area contributed by atoms with Crippen molar-refractivity contribution in [2.75, 3.05) is 13.1 Å².